The number of carbonyl (C=O) groups is 3. The fourth-order valence-corrected chi connectivity index (χ4v) is 2.48. The van der Waals surface area contributed by atoms with E-state index in [2.05, 4.69) is 5.32 Å². The number of nitrogens with one attached hydrogen (secondary N) is 1. The third kappa shape index (κ3) is 6.89. The molecule has 30 heavy (non-hydrogen) atoms. The predicted molar refractivity (Wildman–Crippen MR) is 104 cm³/mol. The molecule has 1 atom stereocenters. The second kappa shape index (κ2) is 11.1. The first-order valence-corrected chi connectivity index (χ1v) is 8.83. The molecule has 2 rings (SSSR count). The Morgan fingerprint density at radius 1 is 1.03 bits per heavy atom. The van der Waals surface area contributed by atoms with E-state index in [4.69, 9.17) is 14.2 Å². The quantitative estimate of drug-likeness (QED) is 0.349. The highest BCUT2D eigenvalue weighted by Gasteiger charge is 2.23. The maximum Gasteiger partial charge on any atom is 0.344 e. The van der Waals surface area contributed by atoms with E-state index in [9.17, 15) is 24.5 Å². The molecule has 0 aliphatic heterocycles. The molecule has 1 N–H and O–H groups in total. The Balaban J connectivity index is 1.84. The Bertz CT molecular complexity index is 901. The molecule has 0 fully saturated rings. The smallest absolute Gasteiger partial charge is 0.344 e. The molecular formula is C20H20N2O8. The molecule has 0 aliphatic carbocycles. The summed E-state index contributed by atoms with van der Waals surface area (Å²) in [6.07, 6.45) is 0.202. The number of nitrogens with zero attached hydrogens (tertiary/aromatic N) is 1. The van der Waals surface area contributed by atoms with E-state index in [1.54, 1.807) is 24.3 Å². The lowest BCUT2D eigenvalue weighted by Gasteiger charge is -2.16. The van der Waals surface area contributed by atoms with Crippen molar-refractivity contribution in [3.63, 3.8) is 0 Å². The zero-order valence-electron chi connectivity index (χ0n) is 16.1. The van der Waals surface area contributed by atoms with Gasteiger partial charge in [0.05, 0.1) is 12.0 Å². The van der Waals surface area contributed by atoms with Gasteiger partial charge in [0.1, 0.15) is 6.04 Å². The van der Waals surface area contributed by atoms with Crippen LogP contribution >= 0.6 is 0 Å². The van der Waals surface area contributed by atoms with Crippen LogP contribution in [0.3, 0.4) is 0 Å². The third-order valence-electron chi connectivity index (χ3n) is 3.88. The van der Waals surface area contributed by atoms with E-state index in [1.807, 2.05) is 6.07 Å². The van der Waals surface area contributed by atoms with Gasteiger partial charge in [-0.05, 0) is 11.6 Å². The van der Waals surface area contributed by atoms with Gasteiger partial charge in [-0.1, -0.05) is 42.5 Å². The van der Waals surface area contributed by atoms with E-state index in [0.717, 1.165) is 5.56 Å². The lowest BCUT2D eigenvalue weighted by molar-refractivity contribution is -0.385. The Kier molecular flexibility index (Phi) is 8.30. The highest BCUT2D eigenvalue weighted by Crippen LogP contribution is 2.25. The molecule has 0 aromatic heterocycles. The largest absolute Gasteiger partial charge is 0.475 e. The minimum Gasteiger partial charge on any atom is -0.475 e. The molecule has 0 unspecified atom stereocenters. The second-order valence-electron chi connectivity index (χ2n) is 6.01. The number of benzene rings is 2. The van der Waals surface area contributed by atoms with Gasteiger partial charge in [0.25, 0.3) is 5.91 Å². The number of nitro groups is 1. The van der Waals surface area contributed by atoms with Gasteiger partial charge < -0.3 is 19.5 Å². The number of amides is 1. The van der Waals surface area contributed by atoms with Crippen LogP contribution in [0.4, 0.5) is 5.69 Å². The first-order valence-electron chi connectivity index (χ1n) is 8.83. The fourth-order valence-electron chi connectivity index (χ4n) is 2.48. The van der Waals surface area contributed by atoms with Crippen molar-refractivity contribution in [1.82, 2.24) is 5.32 Å². The van der Waals surface area contributed by atoms with Crippen molar-refractivity contribution in [3.8, 4) is 5.75 Å². The number of rotatable bonds is 10. The maximum absolute atomic E-state index is 12.1. The monoisotopic (exact) mass is 416 g/mol. The maximum atomic E-state index is 12.1. The summed E-state index contributed by atoms with van der Waals surface area (Å²) >= 11 is 0. The number of carbonyl (C=O) groups excluding carboxylic acids is 3. The van der Waals surface area contributed by atoms with Crippen molar-refractivity contribution in [1.29, 1.82) is 0 Å². The molecule has 0 bridgehead atoms. The summed E-state index contributed by atoms with van der Waals surface area (Å²) in [5.41, 5.74) is 0.507. The average molecular weight is 416 g/mol. The number of hydrogen-bond acceptors (Lipinski definition) is 8. The molecule has 2 aromatic carbocycles. The molecule has 0 heterocycles. The van der Waals surface area contributed by atoms with Gasteiger partial charge in [-0.25, -0.2) is 9.59 Å². The summed E-state index contributed by atoms with van der Waals surface area (Å²) in [7, 11) is 1.20. The van der Waals surface area contributed by atoms with Gasteiger partial charge in [-0.15, -0.1) is 0 Å². The van der Waals surface area contributed by atoms with Crippen LogP contribution in [-0.4, -0.2) is 49.1 Å². The van der Waals surface area contributed by atoms with Gasteiger partial charge in [-0.3, -0.25) is 14.9 Å². The first kappa shape index (κ1) is 22.3. The molecule has 0 saturated carbocycles. The number of hydrogen-bond donors (Lipinski definition) is 1. The Hall–Kier alpha value is -3.95. The number of methoxy groups -OCH3 is 1. The minimum atomic E-state index is -0.952. The molecule has 2 aromatic rings. The summed E-state index contributed by atoms with van der Waals surface area (Å²) < 4.78 is 14.6. The van der Waals surface area contributed by atoms with Crippen LogP contribution in [-0.2, 0) is 30.3 Å². The molecule has 0 radical (unpaired) electrons. The van der Waals surface area contributed by atoms with Crippen LogP contribution in [0, 0.1) is 10.1 Å². The van der Waals surface area contributed by atoms with E-state index in [-0.39, 0.29) is 17.9 Å². The average Bonchev–Trinajstić information content (AvgIpc) is 2.76. The highest BCUT2D eigenvalue weighted by molar-refractivity contribution is 5.86. The molecule has 158 valence electrons. The molecule has 0 spiro atoms. The zero-order chi connectivity index (χ0) is 21.9. The van der Waals surface area contributed by atoms with Crippen molar-refractivity contribution in [2.45, 2.75) is 12.5 Å². The van der Waals surface area contributed by atoms with Crippen molar-refractivity contribution in [2.75, 3.05) is 20.3 Å². The number of para-hydroxylation sites is 2. The van der Waals surface area contributed by atoms with E-state index < -0.39 is 42.0 Å². The van der Waals surface area contributed by atoms with Crippen LogP contribution in [0.15, 0.2) is 54.6 Å². The van der Waals surface area contributed by atoms with Crippen LogP contribution in [0.1, 0.15) is 5.56 Å². The molecule has 0 aliphatic rings. The van der Waals surface area contributed by atoms with Gasteiger partial charge in [0.15, 0.2) is 19.0 Å². The van der Waals surface area contributed by atoms with Gasteiger partial charge in [-0.2, -0.15) is 0 Å². The number of esters is 2. The third-order valence-corrected chi connectivity index (χ3v) is 3.88. The number of nitro benzene ring substituents is 1. The summed E-state index contributed by atoms with van der Waals surface area (Å²) in [5, 5.41) is 13.4. The molecule has 10 heteroatoms. The van der Waals surface area contributed by atoms with E-state index >= 15 is 0 Å². The molecule has 10 nitrogen and oxygen atoms in total. The van der Waals surface area contributed by atoms with Crippen molar-refractivity contribution in [2.24, 2.45) is 0 Å². The Labute approximate surface area is 171 Å². The molecule has 0 saturated heterocycles. The zero-order valence-corrected chi connectivity index (χ0v) is 16.1. The SMILES string of the molecule is COC(=O)[C@H](Cc1ccccc1)NC(=O)COC(=O)COc1ccccc1[N+](=O)[O-]. The summed E-state index contributed by atoms with van der Waals surface area (Å²) in [4.78, 5) is 46.0. The van der Waals surface area contributed by atoms with Crippen LogP contribution in [0.25, 0.3) is 0 Å². The lowest BCUT2D eigenvalue weighted by Crippen LogP contribution is -2.44. The second-order valence-corrected chi connectivity index (χ2v) is 6.01. The predicted octanol–water partition coefficient (Wildman–Crippen LogP) is 1.42. The van der Waals surface area contributed by atoms with Crippen LogP contribution in [0.5, 0.6) is 5.75 Å². The van der Waals surface area contributed by atoms with Crippen molar-refractivity contribution < 1.29 is 33.5 Å². The van der Waals surface area contributed by atoms with Crippen LogP contribution < -0.4 is 10.1 Å². The summed E-state index contributed by atoms with van der Waals surface area (Å²) in [6.45, 7) is -1.27. The van der Waals surface area contributed by atoms with Gasteiger partial charge >= 0.3 is 17.6 Å². The Morgan fingerprint density at radius 3 is 2.37 bits per heavy atom. The normalized spacial score (nSPS) is 11.1. The highest BCUT2D eigenvalue weighted by atomic mass is 16.6. The summed E-state index contributed by atoms with van der Waals surface area (Å²) in [6, 6.07) is 13.6. The summed E-state index contributed by atoms with van der Waals surface area (Å²) in [5.74, 6) is -2.35. The van der Waals surface area contributed by atoms with E-state index in [0.29, 0.717) is 0 Å². The van der Waals surface area contributed by atoms with Crippen LogP contribution in [0.2, 0.25) is 0 Å². The standard InChI is InChI=1S/C20H20N2O8/c1-28-20(25)15(11-14-7-3-2-4-8-14)21-18(23)12-30-19(24)13-29-17-10-6-5-9-16(17)22(26)27/h2-10,15H,11-13H2,1H3,(H,21,23)/t15-/m0/s1. The minimum absolute atomic E-state index is 0.0995. The Morgan fingerprint density at radius 2 is 1.70 bits per heavy atom. The van der Waals surface area contributed by atoms with Gasteiger partial charge in [0.2, 0.25) is 0 Å². The molecule has 1 amide bonds. The number of ether oxygens (including phenoxy) is 3. The van der Waals surface area contributed by atoms with Gasteiger partial charge in [0, 0.05) is 12.5 Å². The van der Waals surface area contributed by atoms with Crippen molar-refractivity contribution >= 4 is 23.5 Å². The lowest BCUT2D eigenvalue weighted by atomic mass is 10.1. The molecular weight excluding hydrogens is 396 g/mol. The fraction of sp³-hybridized carbons (Fsp3) is 0.250. The first-order chi connectivity index (χ1) is 14.4. The van der Waals surface area contributed by atoms with Crippen molar-refractivity contribution in [3.05, 3.63) is 70.3 Å². The topological polar surface area (TPSA) is 134 Å². The van der Waals surface area contributed by atoms with E-state index in [1.165, 1.54) is 31.4 Å².